The number of hydrogen-bond acceptors (Lipinski definition) is 8. The molecule has 0 aliphatic carbocycles. The van der Waals surface area contributed by atoms with E-state index in [9.17, 15) is 9.59 Å². The molecule has 0 spiro atoms. The Hall–Kier alpha value is -5.67. The number of hydrogen-bond donors (Lipinski definition) is 0. The van der Waals surface area contributed by atoms with Gasteiger partial charge >= 0.3 is 5.97 Å². The van der Waals surface area contributed by atoms with E-state index in [4.69, 9.17) is 23.9 Å². The van der Waals surface area contributed by atoms with Crippen LogP contribution in [0.3, 0.4) is 0 Å². The van der Waals surface area contributed by atoms with E-state index >= 15 is 0 Å². The normalized spacial score (nSPS) is 14.5. The van der Waals surface area contributed by atoms with Crippen molar-refractivity contribution in [3.63, 3.8) is 0 Å². The Balaban J connectivity index is 1.38. The summed E-state index contributed by atoms with van der Waals surface area (Å²) in [7, 11) is 1.56. The van der Waals surface area contributed by atoms with Crippen molar-refractivity contribution in [2.24, 2.45) is 4.99 Å². The zero-order valence-electron chi connectivity index (χ0n) is 29.1. The van der Waals surface area contributed by atoms with Crippen LogP contribution in [0.5, 0.6) is 17.2 Å². The molecule has 0 fully saturated rings. The molecular weight excluding hydrogens is 661 g/mol. The van der Waals surface area contributed by atoms with Gasteiger partial charge < -0.3 is 18.9 Å². The topological polar surface area (TPSA) is 88.4 Å². The van der Waals surface area contributed by atoms with Crippen LogP contribution >= 0.6 is 11.3 Å². The molecule has 9 heteroatoms. The molecule has 8 nitrogen and oxygen atoms in total. The SMILES string of the molecule is CCOC(=O)C1=C(C)N=c2s/c(=C/c3c(OCc4cccc5ccccc45)ccc4ccccc34)c(=O)n2[C@@H]1c1ccc(OC(C)C)c(OC)c1. The predicted molar refractivity (Wildman–Crippen MR) is 201 cm³/mol. The van der Waals surface area contributed by atoms with Gasteiger partial charge in [0.2, 0.25) is 0 Å². The molecule has 0 radical (unpaired) electrons. The molecule has 2 heterocycles. The van der Waals surface area contributed by atoms with E-state index in [0.717, 1.165) is 32.7 Å². The molecule has 0 N–H and O–H groups in total. The van der Waals surface area contributed by atoms with Gasteiger partial charge in [-0.25, -0.2) is 9.79 Å². The van der Waals surface area contributed by atoms with E-state index in [1.165, 1.54) is 11.3 Å². The second kappa shape index (κ2) is 14.3. The Kier molecular flexibility index (Phi) is 9.47. The molecular formula is C42H38N2O6S. The summed E-state index contributed by atoms with van der Waals surface area (Å²) < 4.78 is 25.7. The molecule has 0 amide bonds. The fourth-order valence-corrected chi connectivity index (χ4v) is 7.60. The van der Waals surface area contributed by atoms with Crippen molar-refractivity contribution in [3.05, 3.63) is 145 Å². The van der Waals surface area contributed by atoms with Crippen molar-refractivity contribution in [1.29, 1.82) is 0 Å². The first-order chi connectivity index (χ1) is 24.8. The molecule has 1 aliphatic heterocycles. The number of fused-ring (bicyclic) bond motifs is 3. The van der Waals surface area contributed by atoms with Crippen molar-refractivity contribution < 1.29 is 23.7 Å². The highest BCUT2D eigenvalue weighted by molar-refractivity contribution is 7.07. The number of thiazole rings is 1. The van der Waals surface area contributed by atoms with Crippen LogP contribution < -0.4 is 29.1 Å². The van der Waals surface area contributed by atoms with Crippen LogP contribution in [0.2, 0.25) is 0 Å². The molecule has 1 aromatic heterocycles. The molecule has 5 aromatic carbocycles. The first kappa shape index (κ1) is 33.8. The van der Waals surface area contributed by atoms with Crippen LogP contribution in [0.15, 0.2) is 118 Å². The van der Waals surface area contributed by atoms with E-state index in [1.54, 1.807) is 37.7 Å². The van der Waals surface area contributed by atoms with Gasteiger partial charge in [-0.05, 0) is 84.6 Å². The fourth-order valence-electron chi connectivity index (χ4n) is 6.57. The molecule has 258 valence electrons. The number of methoxy groups -OCH3 is 1. The minimum Gasteiger partial charge on any atom is -0.493 e. The largest absolute Gasteiger partial charge is 0.493 e. The summed E-state index contributed by atoms with van der Waals surface area (Å²) in [5.74, 6) is 1.18. The van der Waals surface area contributed by atoms with Crippen LogP contribution in [-0.2, 0) is 16.1 Å². The average molecular weight is 699 g/mol. The minimum atomic E-state index is -0.806. The number of carbonyl (C=O) groups is 1. The van der Waals surface area contributed by atoms with Crippen molar-refractivity contribution in [1.82, 2.24) is 4.57 Å². The maximum absolute atomic E-state index is 14.6. The molecule has 0 bridgehead atoms. The summed E-state index contributed by atoms with van der Waals surface area (Å²) in [6.45, 7) is 7.93. The van der Waals surface area contributed by atoms with E-state index in [1.807, 2.05) is 80.6 Å². The first-order valence-corrected chi connectivity index (χ1v) is 17.7. The third kappa shape index (κ3) is 6.53. The molecule has 1 aliphatic rings. The Morgan fingerprint density at radius 1 is 0.902 bits per heavy atom. The smallest absolute Gasteiger partial charge is 0.338 e. The lowest BCUT2D eigenvalue weighted by atomic mass is 9.95. The zero-order valence-corrected chi connectivity index (χ0v) is 30.0. The highest BCUT2D eigenvalue weighted by Gasteiger charge is 2.34. The van der Waals surface area contributed by atoms with Crippen molar-refractivity contribution in [2.75, 3.05) is 13.7 Å². The van der Waals surface area contributed by atoms with E-state index in [2.05, 4.69) is 24.3 Å². The number of esters is 1. The van der Waals surface area contributed by atoms with Gasteiger partial charge in [-0.2, -0.15) is 0 Å². The summed E-state index contributed by atoms with van der Waals surface area (Å²) in [6.07, 6.45) is 1.81. The number of nitrogens with zero attached hydrogens (tertiary/aromatic N) is 2. The number of aromatic nitrogens is 1. The van der Waals surface area contributed by atoms with Crippen molar-refractivity contribution in [3.8, 4) is 17.2 Å². The molecule has 51 heavy (non-hydrogen) atoms. The monoisotopic (exact) mass is 698 g/mol. The first-order valence-electron chi connectivity index (χ1n) is 16.9. The lowest BCUT2D eigenvalue weighted by Crippen LogP contribution is -2.40. The second-order valence-corrected chi connectivity index (χ2v) is 13.5. The lowest BCUT2D eigenvalue weighted by Gasteiger charge is -2.25. The fraction of sp³-hybridized carbons (Fsp3) is 0.214. The van der Waals surface area contributed by atoms with E-state index < -0.39 is 12.0 Å². The molecule has 0 saturated heterocycles. The van der Waals surface area contributed by atoms with Crippen LogP contribution in [-0.4, -0.2) is 30.4 Å². The molecule has 7 rings (SSSR count). The van der Waals surface area contributed by atoms with Crippen molar-refractivity contribution in [2.45, 2.75) is 46.4 Å². The van der Waals surface area contributed by atoms with Gasteiger partial charge in [-0.15, -0.1) is 0 Å². The van der Waals surface area contributed by atoms with Crippen LogP contribution in [0.1, 0.15) is 50.4 Å². The zero-order chi connectivity index (χ0) is 35.6. The van der Waals surface area contributed by atoms with Gasteiger partial charge in [0, 0.05) is 5.56 Å². The number of rotatable bonds is 10. The Morgan fingerprint density at radius 3 is 2.35 bits per heavy atom. The van der Waals surface area contributed by atoms with Gasteiger partial charge in [0.1, 0.15) is 12.4 Å². The highest BCUT2D eigenvalue weighted by atomic mass is 32.1. The van der Waals surface area contributed by atoms with Gasteiger partial charge in [-0.3, -0.25) is 9.36 Å². The minimum absolute atomic E-state index is 0.0744. The molecule has 6 aromatic rings. The van der Waals surface area contributed by atoms with E-state index in [-0.39, 0.29) is 18.3 Å². The third-order valence-electron chi connectivity index (χ3n) is 8.85. The maximum Gasteiger partial charge on any atom is 0.338 e. The quantitative estimate of drug-likeness (QED) is 0.138. The number of ether oxygens (including phenoxy) is 4. The summed E-state index contributed by atoms with van der Waals surface area (Å²) in [4.78, 5) is 33.3. The summed E-state index contributed by atoms with van der Waals surface area (Å²) in [5.41, 5.74) is 3.00. The van der Waals surface area contributed by atoms with Crippen LogP contribution in [0.4, 0.5) is 0 Å². The van der Waals surface area contributed by atoms with Gasteiger partial charge in [0.05, 0.1) is 41.7 Å². The Morgan fingerprint density at radius 2 is 1.61 bits per heavy atom. The average Bonchev–Trinajstić information content (AvgIpc) is 3.44. The molecule has 0 unspecified atom stereocenters. The number of benzene rings is 5. The number of allylic oxidation sites excluding steroid dienone is 1. The Bertz CT molecular complexity index is 2510. The summed E-state index contributed by atoms with van der Waals surface area (Å²) in [6, 6.07) is 31.1. The van der Waals surface area contributed by atoms with Crippen molar-refractivity contribution >= 4 is 44.9 Å². The molecule has 1 atom stereocenters. The van der Waals surface area contributed by atoms with Crippen LogP contribution in [0, 0.1) is 0 Å². The molecule has 0 saturated carbocycles. The summed E-state index contributed by atoms with van der Waals surface area (Å²) in [5, 5.41) is 4.24. The van der Waals surface area contributed by atoms with E-state index in [0.29, 0.717) is 50.0 Å². The second-order valence-electron chi connectivity index (χ2n) is 12.5. The van der Waals surface area contributed by atoms with Gasteiger partial charge in [0.15, 0.2) is 16.3 Å². The van der Waals surface area contributed by atoms with Gasteiger partial charge in [0.25, 0.3) is 5.56 Å². The predicted octanol–water partition coefficient (Wildman–Crippen LogP) is 7.48. The number of carbonyl (C=O) groups excluding carboxylic acids is 1. The maximum atomic E-state index is 14.6. The Labute approximate surface area is 299 Å². The lowest BCUT2D eigenvalue weighted by molar-refractivity contribution is -0.139. The highest BCUT2D eigenvalue weighted by Crippen LogP contribution is 2.37. The standard InChI is InChI=1S/C42H38N2O6S/c1-6-48-41(46)38-26(4)43-42-44(39(38)29-19-21-35(50-25(2)3)36(22-29)47-5)40(45)37(51-42)23-33-32-17-10-8-13-28(32)18-20-34(33)49-24-30-15-11-14-27-12-7-9-16-31(27)30/h7-23,25,39H,6,24H2,1-5H3/b37-23+/t39-/m1/s1. The summed E-state index contributed by atoms with van der Waals surface area (Å²) >= 11 is 1.27. The third-order valence-corrected chi connectivity index (χ3v) is 9.84. The van der Waals surface area contributed by atoms with Gasteiger partial charge in [-0.1, -0.05) is 90.2 Å². The van der Waals surface area contributed by atoms with Crippen LogP contribution in [0.25, 0.3) is 27.6 Å².